The lowest BCUT2D eigenvalue weighted by Gasteiger charge is -2.38. The molecule has 4 atom stereocenters. The Hall–Kier alpha value is -3.10. The highest BCUT2D eigenvalue weighted by Gasteiger charge is 2.38. The maximum Gasteiger partial charge on any atom is 0.507 e. The molecule has 3 rings (SSSR count). The molecule has 0 bridgehead atoms. The topological polar surface area (TPSA) is 218 Å². The first-order chi connectivity index (χ1) is 17.0. The van der Waals surface area contributed by atoms with Crippen LogP contribution in [0.4, 0.5) is 10.5 Å². The number of nitrogens with one attached hydrogen (secondary N) is 4. The number of fused-ring (bicyclic) bond motifs is 1. The van der Waals surface area contributed by atoms with Crippen LogP contribution < -0.4 is 21.1 Å². The maximum absolute atomic E-state index is 13.6. The number of piperidine rings is 1. The van der Waals surface area contributed by atoms with Gasteiger partial charge in [0.15, 0.2) is 12.2 Å². The van der Waals surface area contributed by atoms with Crippen LogP contribution in [0.3, 0.4) is 0 Å². The minimum atomic E-state index is -4.11. The number of guanidine groups is 1. The number of carboxylic acid groups (broad SMARTS) is 1. The molecule has 0 radical (unpaired) electrons. The molecule has 0 aromatic heterocycles. The minimum Gasteiger partial charge on any atom is -0.450 e. The summed E-state index contributed by atoms with van der Waals surface area (Å²) in [5, 5.41) is 22.3. The molecule has 1 saturated heterocycles. The van der Waals surface area contributed by atoms with Crippen molar-refractivity contribution in [2.45, 2.75) is 63.1 Å². The largest absolute Gasteiger partial charge is 0.507 e. The number of anilines is 1. The molecule has 13 nitrogen and oxygen atoms in total. The molecule has 4 unspecified atom stereocenters. The number of para-hydroxylation sites is 1. The van der Waals surface area contributed by atoms with Crippen molar-refractivity contribution in [3.63, 3.8) is 0 Å². The predicted molar refractivity (Wildman–Crippen MR) is 138 cm³/mol. The predicted octanol–water partition coefficient (Wildman–Crippen LogP) is 0.655. The second kappa shape index (κ2) is 12.9. The van der Waals surface area contributed by atoms with Crippen LogP contribution in [0.5, 0.6) is 0 Å². The van der Waals surface area contributed by atoms with Gasteiger partial charge in [0.25, 0.3) is 0 Å². The first kappa shape index (κ1) is 30.1. The molecule has 37 heavy (non-hydrogen) atoms. The van der Waals surface area contributed by atoms with E-state index in [9.17, 15) is 18.0 Å². The number of amides is 1. The quantitative estimate of drug-likeness (QED) is 0.111. The van der Waals surface area contributed by atoms with Gasteiger partial charge in [-0.2, -0.15) is 4.72 Å². The fourth-order valence-corrected chi connectivity index (χ4v) is 6.13. The van der Waals surface area contributed by atoms with Crippen molar-refractivity contribution in [3.05, 3.63) is 23.8 Å². The zero-order valence-corrected chi connectivity index (χ0v) is 21.9. The van der Waals surface area contributed by atoms with Gasteiger partial charge in [0.05, 0.1) is 5.69 Å². The van der Waals surface area contributed by atoms with Gasteiger partial charge >= 0.3 is 6.16 Å². The Morgan fingerprint density at radius 1 is 1.32 bits per heavy atom. The SMILES string of the molecule is CC1CNc2c(cccc2S(=O)(=O)NC(CCCNC(=N)N)C(=O)N2CCC(C)CC2OC(=O)O)C1.O. The summed E-state index contributed by atoms with van der Waals surface area (Å²) in [6, 6.07) is 3.91. The molecule has 2 aliphatic rings. The van der Waals surface area contributed by atoms with Gasteiger partial charge in [-0.25, -0.2) is 13.2 Å². The second-order valence-corrected chi connectivity index (χ2v) is 11.3. The lowest BCUT2D eigenvalue weighted by Crippen LogP contribution is -2.55. The van der Waals surface area contributed by atoms with E-state index in [1.165, 1.54) is 11.0 Å². The monoisotopic (exact) mass is 542 g/mol. The summed E-state index contributed by atoms with van der Waals surface area (Å²) in [5.74, 6) is -0.266. The van der Waals surface area contributed by atoms with Crippen molar-refractivity contribution >= 4 is 33.7 Å². The van der Waals surface area contributed by atoms with Crippen LogP contribution >= 0.6 is 0 Å². The van der Waals surface area contributed by atoms with Crippen LogP contribution in [0, 0.1) is 17.2 Å². The molecule has 14 heteroatoms. The summed E-state index contributed by atoms with van der Waals surface area (Å²) >= 11 is 0. The van der Waals surface area contributed by atoms with Crippen molar-refractivity contribution in [2.24, 2.45) is 17.6 Å². The number of sulfonamides is 1. The van der Waals surface area contributed by atoms with Gasteiger partial charge in [-0.3, -0.25) is 10.2 Å². The molecule has 9 N–H and O–H groups in total. The van der Waals surface area contributed by atoms with E-state index in [-0.39, 0.29) is 41.8 Å². The first-order valence-corrected chi connectivity index (χ1v) is 13.6. The molecule has 2 aliphatic heterocycles. The van der Waals surface area contributed by atoms with E-state index in [0.717, 1.165) is 12.0 Å². The van der Waals surface area contributed by atoms with Crippen LogP contribution in [0.25, 0.3) is 0 Å². The number of likely N-dealkylation sites (tertiary alicyclic amines) is 1. The molecule has 0 aliphatic carbocycles. The highest BCUT2D eigenvalue weighted by Crippen LogP contribution is 2.32. The highest BCUT2D eigenvalue weighted by molar-refractivity contribution is 7.89. The summed E-state index contributed by atoms with van der Waals surface area (Å²) in [7, 11) is -4.11. The van der Waals surface area contributed by atoms with Gasteiger partial charge in [0.2, 0.25) is 15.9 Å². The average molecular weight is 543 g/mol. The Bertz CT molecular complexity index is 1080. The molecular weight excluding hydrogens is 504 g/mol. The van der Waals surface area contributed by atoms with E-state index in [2.05, 4.69) is 22.3 Å². The molecule has 0 saturated carbocycles. The highest BCUT2D eigenvalue weighted by atomic mass is 32.2. The Kier molecular flexibility index (Phi) is 10.5. The van der Waals surface area contributed by atoms with Gasteiger partial charge in [-0.15, -0.1) is 0 Å². The van der Waals surface area contributed by atoms with Crippen molar-refractivity contribution in [1.29, 1.82) is 5.41 Å². The lowest BCUT2D eigenvalue weighted by molar-refractivity contribution is -0.149. The maximum atomic E-state index is 13.6. The van der Waals surface area contributed by atoms with Crippen molar-refractivity contribution in [1.82, 2.24) is 14.9 Å². The fraction of sp³-hybridized carbons (Fsp3) is 0.609. The molecule has 1 aromatic carbocycles. The average Bonchev–Trinajstić information content (AvgIpc) is 2.79. The van der Waals surface area contributed by atoms with Crippen LogP contribution in [-0.2, 0) is 26.0 Å². The zero-order chi connectivity index (χ0) is 26.5. The van der Waals surface area contributed by atoms with E-state index in [1.807, 2.05) is 13.0 Å². The van der Waals surface area contributed by atoms with Crippen LogP contribution in [0.15, 0.2) is 23.1 Å². The van der Waals surface area contributed by atoms with E-state index in [0.29, 0.717) is 37.4 Å². The molecule has 1 aromatic rings. The summed E-state index contributed by atoms with van der Waals surface area (Å²) in [4.78, 5) is 26.2. The molecular formula is C23H38N6O7S. The number of hydrogen-bond acceptors (Lipinski definition) is 7. The van der Waals surface area contributed by atoms with E-state index in [4.69, 9.17) is 21.0 Å². The number of rotatable bonds is 9. The van der Waals surface area contributed by atoms with Crippen LogP contribution in [-0.4, -0.2) is 73.8 Å². The van der Waals surface area contributed by atoms with Crippen LogP contribution in [0.2, 0.25) is 0 Å². The summed E-state index contributed by atoms with van der Waals surface area (Å²) in [6.07, 6.45) is -0.313. The van der Waals surface area contributed by atoms with Crippen molar-refractivity contribution in [3.8, 4) is 0 Å². The van der Waals surface area contributed by atoms with Gasteiger partial charge in [0, 0.05) is 26.1 Å². The van der Waals surface area contributed by atoms with Crippen molar-refractivity contribution < 1.29 is 33.3 Å². The third kappa shape index (κ3) is 7.94. The number of nitrogens with two attached hydrogens (primary N) is 1. The molecule has 1 fully saturated rings. The van der Waals surface area contributed by atoms with Crippen molar-refractivity contribution in [2.75, 3.05) is 25.0 Å². The molecule has 2 heterocycles. The summed E-state index contributed by atoms with van der Waals surface area (Å²) in [6.45, 7) is 5.18. The number of benzene rings is 1. The van der Waals surface area contributed by atoms with Gasteiger partial charge in [0.1, 0.15) is 10.9 Å². The molecule has 0 spiro atoms. The van der Waals surface area contributed by atoms with E-state index in [1.54, 1.807) is 6.07 Å². The van der Waals surface area contributed by atoms with Gasteiger partial charge in [-0.1, -0.05) is 26.0 Å². The summed E-state index contributed by atoms with van der Waals surface area (Å²) < 4.78 is 34.6. The molecule has 208 valence electrons. The van der Waals surface area contributed by atoms with Crippen LogP contribution in [0.1, 0.15) is 45.1 Å². The smallest absolute Gasteiger partial charge is 0.450 e. The Morgan fingerprint density at radius 2 is 2.05 bits per heavy atom. The minimum absolute atomic E-state index is 0. The zero-order valence-electron chi connectivity index (χ0n) is 21.1. The summed E-state index contributed by atoms with van der Waals surface area (Å²) in [5.41, 5.74) is 6.75. The number of nitrogens with zero attached hydrogens (tertiary/aromatic N) is 1. The normalized spacial score (nSPS) is 22.0. The Labute approximate surface area is 217 Å². The third-order valence-electron chi connectivity index (χ3n) is 6.51. The third-order valence-corrected chi connectivity index (χ3v) is 8.03. The standard InChI is InChI=1S/C23H36N6O6S.H2O/c1-14-8-10-29(19(12-14)35-23(31)32)21(30)17(6-4-9-26-22(24)25)28-36(33,34)18-7-3-5-16-11-15(2)13-27-20(16)18;/h3,5,7,14-15,17,19,27-28H,4,6,8-13H2,1-2H3,(H,31,32)(H4,24,25,26);1H2. The Balaban J connectivity index is 0.00000481. The number of hydrogen-bond donors (Lipinski definition) is 6. The first-order valence-electron chi connectivity index (χ1n) is 12.1. The second-order valence-electron chi connectivity index (χ2n) is 9.64. The van der Waals surface area contributed by atoms with Gasteiger partial charge in [-0.05, 0) is 49.1 Å². The number of carbonyl (C=O) groups excluding carboxylic acids is 1. The van der Waals surface area contributed by atoms with E-state index >= 15 is 0 Å². The Morgan fingerprint density at radius 3 is 2.73 bits per heavy atom. The van der Waals surface area contributed by atoms with Gasteiger partial charge < -0.3 is 36.6 Å². The fourth-order valence-electron chi connectivity index (χ4n) is 4.68. The van der Waals surface area contributed by atoms with E-state index < -0.39 is 34.4 Å². The molecule has 1 amide bonds. The lowest BCUT2D eigenvalue weighted by atomic mass is 9.96. The number of carbonyl (C=O) groups is 2. The number of ether oxygens (including phenoxy) is 1.